The maximum Gasteiger partial charge on any atom is 0.306 e. The van der Waals surface area contributed by atoms with E-state index in [1.54, 1.807) is 0 Å². The summed E-state index contributed by atoms with van der Waals surface area (Å²) in [6.07, 6.45) is 62.0. The van der Waals surface area contributed by atoms with Gasteiger partial charge in [-0.15, -0.1) is 0 Å². The Morgan fingerprint density at radius 1 is 0.323 bits per heavy atom. The average molecular weight is 867 g/mol. The standard InChI is InChI=1S/C56H98O6/c1-4-7-10-13-16-19-22-24-26-27-28-29-30-32-34-37-40-43-46-49-55(58)61-52-53(51-60-54(57)48-45-42-39-36-33-21-18-15-12-9-6-3)62-56(59)50-47-44-41-38-35-31-25-23-20-17-14-11-8-5-2/h14,16-17,19,23-26,28-29,53H,4-13,15,18,20-22,27,30-52H2,1-3H3/b17-14-,19-16-,25-23-,26-24-,29-28-/t53-/m1/s1. The highest BCUT2D eigenvalue weighted by Gasteiger charge is 2.19. The highest BCUT2D eigenvalue weighted by Crippen LogP contribution is 2.14. The second-order valence-corrected chi connectivity index (χ2v) is 17.4. The summed E-state index contributed by atoms with van der Waals surface area (Å²) in [4.78, 5) is 38.0. The second kappa shape index (κ2) is 50.8. The molecule has 0 heterocycles. The molecule has 0 radical (unpaired) electrons. The Balaban J connectivity index is 4.38. The van der Waals surface area contributed by atoms with Gasteiger partial charge in [0.2, 0.25) is 0 Å². The highest BCUT2D eigenvalue weighted by molar-refractivity contribution is 5.71. The molecular formula is C56H98O6. The van der Waals surface area contributed by atoms with Crippen LogP contribution in [0.1, 0.15) is 258 Å². The Bertz CT molecular complexity index is 1130. The minimum absolute atomic E-state index is 0.0827. The molecule has 0 aliphatic carbocycles. The predicted molar refractivity (Wildman–Crippen MR) is 265 cm³/mol. The molecule has 0 bridgehead atoms. The molecule has 0 aliphatic rings. The fourth-order valence-corrected chi connectivity index (χ4v) is 7.23. The molecule has 0 fully saturated rings. The number of ether oxygens (including phenoxy) is 3. The van der Waals surface area contributed by atoms with Gasteiger partial charge in [0, 0.05) is 19.3 Å². The molecule has 0 aromatic rings. The van der Waals surface area contributed by atoms with E-state index in [2.05, 4.69) is 81.5 Å². The van der Waals surface area contributed by atoms with E-state index in [9.17, 15) is 14.4 Å². The zero-order valence-corrected chi connectivity index (χ0v) is 40.9. The van der Waals surface area contributed by atoms with E-state index in [0.29, 0.717) is 19.3 Å². The fourth-order valence-electron chi connectivity index (χ4n) is 7.23. The molecule has 0 unspecified atom stereocenters. The van der Waals surface area contributed by atoms with Crippen LogP contribution in [-0.2, 0) is 28.6 Å². The highest BCUT2D eigenvalue weighted by atomic mass is 16.6. The van der Waals surface area contributed by atoms with Gasteiger partial charge in [-0.3, -0.25) is 14.4 Å². The first-order chi connectivity index (χ1) is 30.5. The molecule has 0 amide bonds. The summed E-state index contributed by atoms with van der Waals surface area (Å²) in [5.41, 5.74) is 0. The van der Waals surface area contributed by atoms with Crippen LogP contribution in [0.25, 0.3) is 0 Å². The summed E-state index contributed by atoms with van der Waals surface area (Å²) >= 11 is 0. The summed E-state index contributed by atoms with van der Waals surface area (Å²) in [7, 11) is 0. The molecule has 0 saturated heterocycles. The van der Waals surface area contributed by atoms with E-state index in [-0.39, 0.29) is 31.1 Å². The number of rotatable bonds is 47. The van der Waals surface area contributed by atoms with Crippen LogP contribution in [0.4, 0.5) is 0 Å². The molecule has 0 aromatic carbocycles. The minimum atomic E-state index is -0.784. The van der Waals surface area contributed by atoms with Crippen LogP contribution in [0.15, 0.2) is 60.8 Å². The Hall–Kier alpha value is -2.89. The maximum atomic E-state index is 12.8. The smallest absolute Gasteiger partial charge is 0.306 e. The van der Waals surface area contributed by atoms with E-state index in [0.717, 1.165) is 103 Å². The van der Waals surface area contributed by atoms with Gasteiger partial charge in [-0.1, -0.05) is 216 Å². The van der Waals surface area contributed by atoms with Crippen molar-refractivity contribution in [1.82, 2.24) is 0 Å². The molecule has 0 aromatic heterocycles. The van der Waals surface area contributed by atoms with E-state index in [1.165, 1.54) is 116 Å². The minimum Gasteiger partial charge on any atom is -0.462 e. The van der Waals surface area contributed by atoms with Crippen molar-refractivity contribution >= 4 is 17.9 Å². The number of hydrogen-bond acceptors (Lipinski definition) is 6. The van der Waals surface area contributed by atoms with Crippen LogP contribution in [0.2, 0.25) is 0 Å². The van der Waals surface area contributed by atoms with Crippen molar-refractivity contribution in [3.05, 3.63) is 60.8 Å². The van der Waals surface area contributed by atoms with Gasteiger partial charge in [-0.05, 0) is 83.5 Å². The first-order valence-corrected chi connectivity index (χ1v) is 26.3. The quantitative estimate of drug-likeness (QED) is 0.0262. The Labute approximate surface area is 383 Å². The predicted octanol–water partition coefficient (Wildman–Crippen LogP) is 17.3. The van der Waals surface area contributed by atoms with Crippen LogP contribution in [0, 0.1) is 0 Å². The fraction of sp³-hybridized carbons (Fsp3) is 0.768. The number of hydrogen-bond donors (Lipinski definition) is 0. The molecule has 62 heavy (non-hydrogen) atoms. The van der Waals surface area contributed by atoms with Gasteiger partial charge < -0.3 is 14.2 Å². The zero-order valence-electron chi connectivity index (χ0n) is 40.9. The SMILES string of the molecule is CCCC/C=C\C/C=C\CCCCCCCC(=O)O[C@@H](COC(=O)CCCCCCCC/C=C\C/C=C\C/C=C\CCCCC)COC(=O)CCCCCCCCCCCCC. The Kier molecular flexibility index (Phi) is 48.4. The lowest BCUT2D eigenvalue weighted by atomic mass is 10.1. The number of esters is 3. The molecule has 0 saturated carbocycles. The van der Waals surface area contributed by atoms with Crippen molar-refractivity contribution < 1.29 is 28.6 Å². The van der Waals surface area contributed by atoms with E-state index < -0.39 is 6.10 Å². The van der Waals surface area contributed by atoms with Crippen molar-refractivity contribution in [2.75, 3.05) is 13.2 Å². The Morgan fingerprint density at radius 3 is 0.984 bits per heavy atom. The van der Waals surface area contributed by atoms with Crippen LogP contribution in [-0.4, -0.2) is 37.2 Å². The molecule has 358 valence electrons. The number of unbranched alkanes of at least 4 members (excludes halogenated alkanes) is 26. The summed E-state index contributed by atoms with van der Waals surface area (Å²) in [6, 6.07) is 0. The third-order valence-corrected chi connectivity index (χ3v) is 11.2. The van der Waals surface area contributed by atoms with E-state index in [4.69, 9.17) is 14.2 Å². The first kappa shape index (κ1) is 59.1. The molecular weight excluding hydrogens is 769 g/mol. The summed E-state index contributed by atoms with van der Waals surface area (Å²) in [5, 5.41) is 0. The topological polar surface area (TPSA) is 78.9 Å². The average Bonchev–Trinajstić information content (AvgIpc) is 3.27. The van der Waals surface area contributed by atoms with Gasteiger partial charge in [0.1, 0.15) is 13.2 Å². The van der Waals surface area contributed by atoms with Crippen molar-refractivity contribution in [2.45, 2.75) is 264 Å². The molecule has 6 heteroatoms. The van der Waals surface area contributed by atoms with Crippen LogP contribution in [0.5, 0.6) is 0 Å². The molecule has 0 aliphatic heterocycles. The molecule has 0 N–H and O–H groups in total. The van der Waals surface area contributed by atoms with Crippen molar-refractivity contribution in [2.24, 2.45) is 0 Å². The summed E-state index contributed by atoms with van der Waals surface area (Å²) in [6.45, 7) is 6.55. The largest absolute Gasteiger partial charge is 0.462 e. The van der Waals surface area contributed by atoms with Gasteiger partial charge in [0.05, 0.1) is 0 Å². The van der Waals surface area contributed by atoms with E-state index in [1.807, 2.05) is 0 Å². The van der Waals surface area contributed by atoms with Crippen LogP contribution >= 0.6 is 0 Å². The third-order valence-electron chi connectivity index (χ3n) is 11.2. The lowest BCUT2D eigenvalue weighted by molar-refractivity contribution is -0.167. The Morgan fingerprint density at radius 2 is 0.597 bits per heavy atom. The lowest BCUT2D eigenvalue weighted by Crippen LogP contribution is -2.30. The zero-order chi connectivity index (χ0) is 45.1. The van der Waals surface area contributed by atoms with E-state index >= 15 is 0 Å². The maximum absolute atomic E-state index is 12.8. The van der Waals surface area contributed by atoms with Crippen LogP contribution in [0.3, 0.4) is 0 Å². The van der Waals surface area contributed by atoms with Gasteiger partial charge in [0.15, 0.2) is 6.10 Å². The molecule has 6 nitrogen and oxygen atoms in total. The number of carbonyl (C=O) groups is 3. The van der Waals surface area contributed by atoms with Crippen LogP contribution < -0.4 is 0 Å². The van der Waals surface area contributed by atoms with Gasteiger partial charge in [-0.25, -0.2) is 0 Å². The number of carbonyl (C=O) groups excluding carboxylic acids is 3. The van der Waals surface area contributed by atoms with Gasteiger partial charge >= 0.3 is 17.9 Å². The molecule has 0 spiro atoms. The number of allylic oxidation sites excluding steroid dienone is 10. The van der Waals surface area contributed by atoms with Gasteiger partial charge in [-0.2, -0.15) is 0 Å². The lowest BCUT2D eigenvalue weighted by Gasteiger charge is -2.18. The molecule has 1 atom stereocenters. The monoisotopic (exact) mass is 867 g/mol. The normalized spacial score (nSPS) is 12.5. The third kappa shape index (κ3) is 48.1. The summed E-state index contributed by atoms with van der Waals surface area (Å²) < 4.78 is 16.8. The summed E-state index contributed by atoms with van der Waals surface area (Å²) in [5.74, 6) is -0.906. The van der Waals surface area contributed by atoms with Gasteiger partial charge in [0.25, 0.3) is 0 Å². The molecule has 0 rings (SSSR count). The van der Waals surface area contributed by atoms with Crippen molar-refractivity contribution in [3.63, 3.8) is 0 Å². The van der Waals surface area contributed by atoms with Crippen molar-refractivity contribution in [1.29, 1.82) is 0 Å². The first-order valence-electron chi connectivity index (χ1n) is 26.3. The second-order valence-electron chi connectivity index (χ2n) is 17.4. The van der Waals surface area contributed by atoms with Crippen molar-refractivity contribution in [3.8, 4) is 0 Å².